The van der Waals surface area contributed by atoms with Gasteiger partial charge in [-0.2, -0.15) is 0 Å². The third kappa shape index (κ3) is 7.08. The van der Waals surface area contributed by atoms with Gasteiger partial charge in [-0.05, 0) is 58.8 Å². The Morgan fingerprint density at radius 2 is 2.04 bits per heavy atom. The van der Waals surface area contributed by atoms with E-state index in [1.807, 2.05) is 20.8 Å². The van der Waals surface area contributed by atoms with Crippen LogP contribution in [0.1, 0.15) is 66.2 Å². The Kier molecular flexibility index (Phi) is 6.72. The Morgan fingerprint density at radius 1 is 1.30 bits per heavy atom. The lowest BCUT2D eigenvalue weighted by Gasteiger charge is -2.33. The molecule has 23 heavy (non-hydrogen) atoms. The van der Waals surface area contributed by atoms with Gasteiger partial charge in [0, 0.05) is 25.2 Å². The van der Waals surface area contributed by atoms with Gasteiger partial charge < -0.3 is 20.1 Å². The standard InChI is InChI=1S/C18H34N2O3/c1-5-6-15-11-14(9-10-22-15)20-16(13-7-8-13)12-19-17(21)23-18(2,3)4/h13-16,20H,5-12H2,1-4H3,(H,19,21). The molecule has 1 aliphatic heterocycles. The van der Waals surface area contributed by atoms with Crippen molar-refractivity contribution < 1.29 is 14.3 Å². The van der Waals surface area contributed by atoms with Crippen molar-refractivity contribution in [2.24, 2.45) is 5.92 Å². The summed E-state index contributed by atoms with van der Waals surface area (Å²) in [5, 5.41) is 6.71. The summed E-state index contributed by atoms with van der Waals surface area (Å²) in [7, 11) is 0. The Labute approximate surface area is 140 Å². The topological polar surface area (TPSA) is 59.6 Å². The highest BCUT2D eigenvalue weighted by molar-refractivity contribution is 5.67. The zero-order valence-electron chi connectivity index (χ0n) is 15.2. The highest BCUT2D eigenvalue weighted by atomic mass is 16.6. The van der Waals surface area contributed by atoms with E-state index in [1.54, 1.807) is 0 Å². The highest BCUT2D eigenvalue weighted by Crippen LogP contribution is 2.33. The minimum atomic E-state index is -0.444. The monoisotopic (exact) mass is 326 g/mol. The van der Waals surface area contributed by atoms with Crippen molar-refractivity contribution in [2.75, 3.05) is 13.2 Å². The normalized spacial score (nSPS) is 26.6. The summed E-state index contributed by atoms with van der Waals surface area (Å²) in [4.78, 5) is 11.9. The fourth-order valence-electron chi connectivity index (χ4n) is 3.23. The number of rotatable bonds is 7. The number of carbonyl (C=O) groups is 1. The third-order valence-corrected chi connectivity index (χ3v) is 4.48. The van der Waals surface area contributed by atoms with Gasteiger partial charge in [0.05, 0.1) is 6.10 Å². The number of amides is 1. The number of ether oxygens (including phenoxy) is 2. The van der Waals surface area contributed by atoms with E-state index in [9.17, 15) is 4.79 Å². The molecule has 0 aromatic rings. The van der Waals surface area contributed by atoms with Gasteiger partial charge in [-0.3, -0.25) is 0 Å². The fraction of sp³-hybridized carbons (Fsp3) is 0.944. The van der Waals surface area contributed by atoms with Gasteiger partial charge in [0.25, 0.3) is 0 Å². The average Bonchev–Trinajstić information content (AvgIpc) is 3.27. The first kappa shape index (κ1) is 18.5. The largest absolute Gasteiger partial charge is 0.444 e. The molecular weight excluding hydrogens is 292 g/mol. The maximum atomic E-state index is 11.9. The predicted octanol–water partition coefficient (Wildman–Crippen LogP) is 3.23. The van der Waals surface area contributed by atoms with E-state index in [0.717, 1.165) is 25.9 Å². The molecule has 3 unspecified atom stereocenters. The third-order valence-electron chi connectivity index (χ3n) is 4.48. The van der Waals surface area contributed by atoms with E-state index in [4.69, 9.17) is 9.47 Å². The van der Waals surface area contributed by atoms with E-state index >= 15 is 0 Å². The quantitative estimate of drug-likeness (QED) is 0.754. The molecule has 0 bridgehead atoms. The van der Waals surface area contributed by atoms with Gasteiger partial charge in [-0.25, -0.2) is 4.79 Å². The summed E-state index contributed by atoms with van der Waals surface area (Å²) < 4.78 is 11.2. The lowest BCUT2D eigenvalue weighted by atomic mass is 9.98. The second-order valence-corrected chi connectivity index (χ2v) is 8.00. The number of nitrogens with one attached hydrogen (secondary N) is 2. The van der Waals surface area contributed by atoms with Gasteiger partial charge in [0.1, 0.15) is 5.60 Å². The molecule has 2 rings (SSSR count). The summed E-state index contributed by atoms with van der Waals surface area (Å²) in [6.45, 7) is 9.37. The van der Waals surface area contributed by atoms with Crippen LogP contribution < -0.4 is 10.6 Å². The summed E-state index contributed by atoms with van der Waals surface area (Å²) in [6, 6.07) is 0.860. The van der Waals surface area contributed by atoms with Crippen LogP contribution in [0.25, 0.3) is 0 Å². The first-order valence-corrected chi connectivity index (χ1v) is 9.22. The van der Waals surface area contributed by atoms with Crippen molar-refractivity contribution in [1.29, 1.82) is 0 Å². The van der Waals surface area contributed by atoms with Gasteiger partial charge in [0.2, 0.25) is 0 Å². The fourth-order valence-corrected chi connectivity index (χ4v) is 3.23. The van der Waals surface area contributed by atoms with Crippen molar-refractivity contribution in [2.45, 2.75) is 90.0 Å². The lowest BCUT2D eigenvalue weighted by Crippen LogP contribution is -2.50. The van der Waals surface area contributed by atoms with Crippen LogP contribution in [0, 0.1) is 5.92 Å². The van der Waals surface area contributed by atoms with Crippen molar-refractivity contribution in [1.82, 2.24) is 10.6 Å². The van der Waals surface area contributed by atoms with Crippen LogP contribution in [0.5, 0.6) is 0 Å². The molecule has 0 spiro atoms. The molecular formula is C18H34N2O3. The van der Waals surface area contributed by atoms with E-state index in [-0.39, 0.29) is 6.09 Å². The van der Waals surface area contributed by atoms with Crippen molar-refractivity contribution in [3.8, 4) is 0 Å². The molecule has 0 aromatic heterocycles. The maximum Gasteiger partial charge on any atom is 0.407 e. The van der Waals surface area contributed by atoms with E-state index < -0.39 is 5.60 Å². The predicted molar refractivity (Wildman–Crippen MR) is 91.6 cm³/mol. The molecule has 1 aliphatic carbocycles. The molecule has 2 aliphatic rings. The van der Waals surface area contributed by atoms with Crippen molar-refractivity contribution >= 4 is 6.09 Å². The van der Waals surface area contributed by atoms with E-state index in [1.165, 1.54) is 19.3 Å². The van der Waals surface area contributed by atoms with Crippen LogP contribution in [0.2, 0.25) is 0 Å². The summed E-state index contributed by atoms with van der Waals surface area (Å²) in [5.41, 5.74) is -0.444. The van der Waals surface area contributed by atoms with Gasteiger partial charge in [0.15, 0.2) is 0 Å². The molecule has 2 N–H and O–H groups in total. The Hall–Kier alpha value is -0.810. The SMILES string of the molecule is CCCC1CC(NC(CNC(=O)OC(C)(C)C)C2CC2)CCO1. The molecule has 2 fully saturated rings. The molecule has 134 valence electrons. The van der Waals surface area contributed by atoms with E-state index in [2.05, 4.69) is 17.6 Å². The second-order valence-electron chi connectivity index (χ2n) is 8.00. The van der Waals surface area contributed by atoms with Gasteiger partial charge in [-0.15, -0.1) is 0 Å². The average molecular weight is 326 g/mol. The molecule has 0 radical (unpaired) electrons. The van der Waals surface area contributed by atoms with Crippen LogP contribution in [0.3, 0.4) is 0 Å². The van der Waals surface area contributed by atoms with Crippen LogP contribution in [-0.4, -0.2) is 43.0 Å². The molecule has 1 amide bonds. The van der Waals surface area contributed by atoms with E-state index in [0.29, 0.717) is 30.7 Å². The maximum absolute atomic E-state index is 11.9. The van der Waals surface area contributed by atoms with Gasteiger partial charge in [-0.1, -0.05) is 13.3 Å². The first-order chi connectivity index (χ1) is 10.9. The van der Waals surface area contributed by atoms with Crippen LogP contribution in [0.15, 0.2) is 0 Å². The molecule has 3 atom stereocenters. The molecule has 5 heteroatoms. The first-order valence-electron chi connectivity index (χ1n) is 9.22. The molecule has 0 aromatic carbocycles. The lowest BCUT2D eigenvalue weighted by molar-refractivity contribution is -0.00562. The van der Waals surface area contributed by atoms with Crippen molar-refractivity contribution in [3.05, 3.63) is 0 Å². The Bertz CT molecular complexity index is 375. The number of alkyl carbamates (subject to hydrolysis) is 1. The second kappa shape index (κ2) is 8.34. The number of carbonyl (C=O) groups excluding carboxylic acids is 1. The van der Waals surface area contributed by atoms with Crippen LogP contribution in [0.4, 0.5) is 4.79 Å². The molecule has 1 saturated heterocycles. The summed E-state index contributed by atoms with van der Waals surface area (Å²) in [5.74, 6) is 0.692. The molecule has 5 nitrogen and oxygen atoms in total. The van der Waals surface area contributed by atoms with Gasteiger partial charge >= 0.3 is 6.09 Å². The Morgan fingerprint density at radius 3 is 2.65 bits per heavy atom. The van der Waals surface area contributed by atoms with Crippen LogP contribution >= 0.6 is 0 Å². The zero-order chi connectivity index (χ0) is 16.9. The summed E-state index contributed by atoms with van der Waals surface area (Å²) >= 11 is 0. The molecule has 1 saturated carbocycles. The number of hydrogen-bond donors (Lipinski definition) is 2. The minimum absolute atomic E-state index is 0.319. The minimum Gasteiger partial charge on any atom is -0.444 e. The summed E-state index contributed by atoms with van der Waals surface area (Å²) in [6.07, 6.45) is 7.06. The number of hydrogen-bond acceptors (Lipinski definition) is 4. The van der Waals surface area contributed by atoms with Crippen LogP contribution in [-0.2, 0) is 9.47 Å². The Balaban J connectivity index is 1.76. The zero-order valence-corrected chi connectivity index (χ0v) is 15.2. The van der Waals surface area contributed by atoms with Crippen molar-refractivity contribution in [3.63, 3.8) is 0 Å². The smallest absolute Gasteiger partial charge is 0.407 e. The highest BCUT2D eigenvalue weighted by Gasteiger charge is 2.34. The molecule has 1 heterocycles.